The topological polar surface area (TPSA) is 66.0 Å². The van der Waals surface area contributed by atoms with Gasteiger partial charge in [0.1, 0.15) is 5.75 Å². The van der Waals surface area contributed by atoms with Crippen molar-refractivity contribution in [3.05, 3.63) is 47.0 Å². The van der Waals surface area contributed by atoms with E-state index < -0.39 is 0 Å². The number of hydrogen-bond acceptors (Lipinski definition) is 5. The maximum Gasteiger partial charge on any atom is 0.224 e. The zero-order valence-corrected chi connectivity index (χ0v) is 17.2. The fraction of sp³-hybridized carbons (Fsp3) is 0.381. The van der Waals surface area contributed by atoms with E-state index in [0.717, 1.165) is 24.2 Å². The van der Waals surface area contributed by atoms with Crippen LogP contribution < -0.4 is 24.3 Å². The molecule has 0 bridgehead atoms. The Morgan fingerprint density at radius 2 is 1.61 bits per heavy atom. The molecule has 0 fully saturated rings. The molecule has 28 heavy (non-hydrogen) atoms. The number of unbranched alkanes of at least 4 members (excludes halogenated alkanes) is 1. The molecule has 0 spiro atoms. The van der Waals surface area contributed by atoms with Gasteiger partial charge in [-0.1, -0.05) is 11.6 Å². The van der Waals surface area contributed by atoms with Crippen LogP contribution in [0.1, 0.15) is 18.4 Å². The van der Waals surface area contributed by atoms with E-state index in [1.54, 1.807) is 45.6 Å². The molecule has 0 unspecified atom stereocenters. The van der Waals surface area contributed by atoms with Gasteiger partial charge in [0.2, 0.25) is 11.7 Å². The van der Waals surface area contributed by atoms with Crippen LogP contribution in [-0.4, -0.2) is 40.4 Å². The molecule has 1 N–H and O–H groups in total. The zero-order chi connectivity index (χ0) is 20.4. The van der Waals surface area contributed by atoms with Crippen LogP contribution in [0.15, 0.2) is 36.4 Å². The molecular weight excluding hydrogens is 382 g/mol. The molecule has 0 radical (unpaired) electrons. The number of carbonyl (C=O) groups excluding carboxylic acids is 1. The Hall–Kier alpha value is -2.60. The van der Waals surface area contributed by atoms with Gasteiger partial charge in [0, 0.05) is 11.6 Å². The molecule has 0 saturated carbocycles. The van der Waals surface area contributed by atoms with Crippen LogP contribution in [-0.2, 0) is 11.2 Å². The van der Waals surface area contributed by atoms with Crippen LogP contribution in [0.5, 0.6) is 23.0 Å². The normalized spacial score (nSPS) is 10.3. The van der Waals surface area contributed by atoms with Gasteiger partial charge < -0.3 is 24.3 Å². The number of nitrogens with one attached hydrogen (secondary N) is 1. The Balaban J connectivity index is 1.73. The molecule has 152 valence electrons. The van der Waals surface area contributed by atoms with Gasteiger partial charge >= 0.3 is 0 Å². The standard InChI is InChI=1S/C21H26ClNO5/c1-25-18-12-15(13-19(26-2)21(18)27-3)14-20(24)23-10-4-5-11-28-17-8-6-16(22)7-9-17/h6-9,12-13H,4-5,10-11,14H2,1-3H3,(H,23,24). The van der Waals surface area contributed by atoms with E-state index in [1.165, 1.54) is 0 Å². The van der Waals surface area contributed by atoms with Crippen molar-refractivity contribution in [2.45, 2.75) is 19.3 Å². The van der Waals surface area contributed by atoms with Crippen molar-refractivity contribution in [1.82, 2.24) is 5.32 Å². The van der Waals surface area contributed by atoms with E-state index in [2.05, 4.69) is 5.32 Å². The summed E-state index contributed by atoms with van der Waals surface area (Å²) >= 11 is 5.83. The Morgan fingerprint density at radius 1 is 0.964 bits per heavy atom. The number of ether oxygens (including phenoxy) is 4. The van der Waals surface area contributed by atoms with Gasteiger partial charge in [-0.15, -0.1) is 0 Å². The zero-order valence-electron chi connectivity index (χ0n) is 16.4. The smallest absolute Gasteiger partial charge is 0.224 e. The minimum Gasteiger partial charge on any atom is -0.494 e. The van der Waals surface area contributed by atoms with Gasteiger partial charge in [0.05, 0.1) is 34.4 Å². The lowest BCUT2D eigenvalue weighted by molar-refractivity contribution is -0.120. The van der Waals surface area contributed by atoms with Gasteiger partial charge in [0.15, 0.2) is 11.5 Å². The lowest BCUT2D eigenvalue weighted by atomic mass is 10.1. The van der Waals surface area contributed by atoms with Crippen molar-refractivity contribution >= 4 is 17.5 Å². The third kappa shape index (κ3) is 6.53. The predicted molar refractivity (Wildman–Crippen MR) is 109 cm³/mol. The molecule has 0 heterocycles. The van der Waals surface area contributed by atoms with Gasteiger partial charge in [-0.2, -0.15) is 0 Å². The second kappa shape index (κ2) is 11.3. The second-order valence-corrected chi connectivity index (χ2v) is 6.51. The fourth-order valence-corrected chi connectivity index (χ4v) is 2.79. The SMILES string of the molecule is COc1cc(CC(=O)NCCCCOc2ccc(Cl)cc2)cc(OC)c1OC. The summed E-state index contributed by atoms with van der Waals surface area (Å²) in [4.78, 5) is 12.2. The second-order valence-electron chi connectivity index (χ2n) is 6.07. The minimum absolute atomic E-state index is 0.0621. The number of benzene rings is 2. The van der Waals surface area contributed by atoms with Crippen molar-refractivity contribution in [1.29, 1.82) is 0 Å². The molecule has 0 saturated heterocycles. The van der Waals surface area contributed by atoms with E-state index in [9.17, 15) is 4.79 Å². The maximum atomic E-state index is 12.2. The lowest BCUT2D eigenvalue weighted by Crippen LogP contribution is -2.26. The van der Waals surface area contributed by atoms with E-state index >= 15 is 0 Å². The van der Waals surface area contributed by atoms with Crippen LogP contribution in [0.25, 0.3) is 0 Å². The van der Waals surface area contributed by atoms with E-state index in [1.807, 2.05) is 12.1 Å². The van der Waals surface area contributed by atoms with Gasteiger partial charge in [-0.3, -0.25) is 4.79 Å². The largest absolute Gasteiger partial charge is 0.494 e. The van der Waals surface area contributed by atoms with Crippen molar-refractivity contribution in [2.24, 2.45) is 0 Å². The van der Waals surface area contributed by atoms with Crippen LogP contribution in [0.2, 0.25) is 5.02 Å². The quantitative estimate of drug-likeness (QED) is 0.572. The van der Waals surface area contributed by atoms with E-state index in [4.69, 9.17) is 30.5 Å². The summed E-state index contributed by atoms with van der Waals surface area (Å²) in [5, 5.41) is 3.60. The predicted octanol–water partition coefficient (Wildman–Crippen LogP) is 3.88. The summed E-state index contributed by atoms with van der Waals surface area (Å²) in [6.07, 6.45) is 1.90. The first-order valence-electron chi connectivity index (χ1n) is 9.01. The Kier molecular flexibility index (Phi) is 8.75. The van der Waals surface area contributed by atoms with Crippen molar-refractivity contribution < 1.29 is 23.7 Å². The summed E-state index contributed by atoms with van der Waals surface area (Å²) < 4.78 is 21.5. The van der Waals surface area contributed by atoms with Gasteiger partial charge in [-0.05, 0) is 54.8 Å². The van der Waals surface area contributed by atoms with Crippen molar-refractivity contribution in [2.75, 3.05) is 34.5 Å². The molecule has 7 heteroatoms. The summed E-state index contributed by atoms with van der Waals surface area (Å²) in [6, 6.07) is 10.8. The molecule has 6 nitrogen and oxygen atoms in total. The molecule has 2 aromatic rings. The van der Waals surface area contributed by atoms with Crippen LogP contribution in [0, 0.1) is 0 Å². The van der Waals surface area contributed by atoms with Gasteiger partial charge in [0.25, 0.3) is 0 Å². The highest BCUT2D eigenvalue weighted by Gasteiger charge is 2.14. The Bertz CT molecular complexity index is 739. The number of methoxy groups -OCH3 is 3. The molecule has 0 aliphatic rings. The number of rotatable bonds is 11. The molecule has 2 rings (SSSR count). The summed E-state index contributed by atoms with van der Waals surface area (Å²) in [6.45, 7) is 1.18. The van der Waals surface area contributed by atoms with Gasteiger partial charge in [-0.25, -0.2) is 0 Å². The first kappa shape index (κ1) is 21.7. The molecule has 0 aromatic heterocycles. The summed E-state index contributed by atoms with van der Waals surface area (Å²) in [7, 11) is 4.64. The van der Waals surface area contributed by atoms with E-state index in [-0.39, 0.29) is 12.3 Å². The molecule has 2 aromatic carbocycles. The monoisotopic (exact) mass is 407 g/mol. The first-order chi connectivity index (χ1) is 13.6. The van der Waals surface area contributed by atoms with Crippen molar-refractivity contribution in [3.8, 4) is 23.0 Å². The molecule has 0 aliphatic heterocycles. The first-order valence-corrected chi connectivity index (χ1v) is 9.39. The minimum atomic E-state index is -0.0621. The van der Waals surface area contributed by atoms with Crippen LogP contribution in [0.4, 0.5) is 0 Å². The number of halogens is 1. The number of amides is 1. The summed E-state index contributed by atoms with van der Waals surface area (Å²) in [5.41, 5.74) is 0.790. The average molecular weight is 408 g/mol. The summed E-state index contributed by atoms with van der Waals surface area (Å²) in [5.74, 6) is 2.30. The van der Waals surface area contributed by atoms with E-state index in [0.29, 0.717) is 35.4 Å². The number of carbonyl (C=O) groups is 1. The van der Waals surface area contributed by atoms with Crippen LogP contribution >= 0.6 is 11.6 Å². The highest BCUT2D eigenvalue weighted by molar-refractivity contribution is 6.30. The maximum absolute atomic E-state index is 12.2. The fourth-order valence-electron chi connectivity index (χ4n) is 2.66. The molecule has 0 aliphatic carbocycles. The molecule has 1 amide bonds. The van der Waals surface area contributed by atoms with Crippen molar-refractivity contribution in [3.63, 3.8) is 0 Å². The third-order valence-electron chi connectivity index (χ3n) is 4.06. The van der Waals surface area contributed by atoms with Crippen LogP contribution in [0.3, 0.4) is 0 Å². The molecular formula is C21H26ClNO5. The Morgan fingerprint density at radius 3 is 2.18 bits per heavy atom. The number of hydrogen-bond donors (Lipinski definition) is 1. The Labute approximate surface area is 170 Å². The average Bonchev–Trinajstić information content (AvgIpc) is 2.71. The third-order valence-corrected chi connectivity index (χ3v) is 4.32. The highest BCUT2D eigenvalue weighted by Crippen LogP contribution is 2.38. The highest BCUT2D eigenvalue weighted by atomic mass is 35.5. The molecule has 0 atom stereocenters. The lowest BCUT2D eigenvalue weighted by Gasteiger charge is -2.14.